The third-order valence-corrected chi connectivity index (χ3v) is 3.54. The van der Waals surface area contributed by atoms with Gasteiger partial charge >= 0.3 is 6.01 Å². The van der Waals surface area contributed by atoms with Gasteiger partial charge in [0.1, 0.15) is 0 Å². The molecule has 1 unspecified atom stereocenters. The van der Waals surface area contributed by atoms with Crippen LogP contribution in [0.1, 0.15) is 19.3 Å². The zero-order valence-corrected chi connectivity index (χ0v) is 11.0. The van der Waals surface area contributed by atoms with Crippen LogP contribution in [0.15, 0.2) is 0 Å². The van der Waals surface area contributed by atoms with Gasteiger partial charge in [-0.05, 0) is 19.3 Å². The lowest BCUT2D eigenvalue weighted by atomic mass is 10.3. The average molecular weight is 265 g/mol. The van der Waals surface area contributed by atoms with Gasteiger partial charge < -0.3 is 10.1 Å². The molecule has 0 amide bonds. The van der Waals surface area contributed by atoms with Gasteiger partial charge in [-0.25, -0.2) is 5.84 Å². The van der Waals surface area contributed by atoms with E-state index in [1.807, 2.05) is 0 Å². The number of nitrogens with two attached hydrogens (primary N) is 1. The summed E-state index contributed by atoms with van der Waals surface area (Å²) in [6, 6.07) is 1.43. The fraction of sp³-hybridized carbons (Fsp3) is 0.727. The van der Waals surface area contributed by atoms with Crippen LogP contribution in [0.3, 0.4) is 0 Å². The Bertz CT molecular complexity index is 428. The predicted octanol–water partition coefficient (Wildman–Crippen LogP) is -0.186. The van der Waals surface area contributed by atoms with Crippen LogP contribution in [-0.2, 0) is 0 Å². The third-order valence-electron chi connectivity index (χ3n) is 3.54. The fourth-order valence-electron chi connectivity index (χ4n) is 2.44. The third kappa shape index (κ3) is 2.85. The predicted molar refractivity (Wildman–Crippen MR) is 70.8 cm³/mol. The minimum Gasteiger partial charge on any atom is -0.467 e. The van der Waals surface area contributed by atoms with Crippen molar-refractivity contribution < 1.29 is 4.74 Å². The van der Waals surface area contributed by atoms with E-state index in [2.05, 4.69) is 30.6 Å². The zero-order valence-electron chi connectivity index (χ0n) is 11.0. The average Bonchev–Trinajstić information content (AvgIpc) is 3.19. The number of methoxy groups -OCH3 is 1. The maximum absolute atomic E-state index is 5.33. The van der Waals surface area contributed by atoms with Crippen LogP contribution in [0.4, 0.5) is 11.9 Å². The topological polar surface area (TPSA) is 101 Å². The Morgan fingerprint density at radius 3 is 2.68 bits per heavy atom. The second kappa shape index (κ2) is 5.14. The number of hydrogen-bond donors (Lipinski definition) is 3. The van der Waals surface area contributed by atoms with Crippen molar-refractivity contribution in [2.24, 2.45) is 5.84 Å². The molecule has 1 saturated heterocycles. The van der Waals surface area contributed by atoms with Gasteiger partial charge in [0.2, 0.25) is 11.9 Å². The number of aromatic nitrogens is 3. The number of likely N-dealkylation sites (tertiary alicyclic amines) is 1. The van der Waals surface area contributed by atoms with E-state index in [9.17, 15) is 0 Å². The largest absolute Gasteiger partial charge is 0.467 e. The first-order valence-electron chi connectivity index (χ1n) is 6.56. The molecule has 1 saturated carbocycles. The van der Waals surface area contributed by atoms with E-state index < -0.39 is 0 Å². The van der Waals surface area contributed by atoms with Gasteiger partial charge in [0, 0.05) is 25.2 Å². The number of ether oxygens (including phenoxy) is 1. The molecule has 4 N–H and O–H groups in total. The highest BCUT2D eigenvalue weighted by atomic mass is 16.5. The highest BCUT2D eigenvalue weighted by Gasteiger charge is 2.34. The lowest BCUT2D eigenvalue weighted by Crippen LogP contribution is -2.28. The smallest absolute Gasteiger partial charge is 0.322 e. The van der Waals surface area contributed by atoms with Crippen molar-refractivity contribution in [3.8, 4) is 6.01 Å². The first kappa shape index (κ1) is 12.4. The standard InChI is InChI=1S/C11H19N7O/c1-19-11-15-9(14-10(16-11)17-12)13-7-4-5-18(6-7)8-2-3-8/h7-8H,2-6,12H2,1H3,(H2,13,14,15,16,17). The summed E-state index contributed by atoms with van der Waals surface area (Å²) in [6.45, 7) is 2.19. The Kier molecular flexibility index (Phi) is 3.34. The molecular formula is C11H19N7O. The zero-order chi connectivity index (χ0) is 13.2. The minimum absolute atomic E-state index is 0.252. The van der Waals surface area contributed by atoms with Crippen LogP contribution < -0.4 is 21.3 Å². The van der Waals surface area contributed by atoms with Crippen LogP contribution in [0, 0.1) is 0 Å². The van der Waals surface area contributed by atoms with Crippen LogP contribution in [0.25, 0.3) is 0 Å². The van der Waals surface area contributed by atoms with Crippen LogP contribution >= 0.6 is 0 Å². The van der Waals surface area contributed by atoms with Crippen molar-refractivity contribution in [3.63, 3.8) is 0 Å². The minimum atomic E-state index is 0.252. The fourth-order valence-corrected chi connectivity index (χ4v) is 2.44. The van der Waals surface area contributed by atoms with E-state index in [1.54, 1.807) is 0 Å². The molecule has 0 aromatic carbocycles. The first-order chi connectivity index (χ1) is 9.28. The van der Waals surface area contributed by atoms with Gasteiger partial charge in [0.05, 0.1) is 7.11 Å². The summed E-state index contributed by atoms with van der Waals surface area (Å²) < 4.78 is 5.02. The molecular weight excluding hydrogens is 246 g/mol. The SMILES string of the molecule is COc1nc(NN)nc(NC2CCN(C3CC3)C2)n1. The van der Waals surface area contributed by atoms with E-state index >= 15 is 0 Å². The van der Waals surface area contributed by atoms with Crippen molar-refractivity contribution >= 4 is 11.9 Å². The lowest BCUT2D eigenvalue weighted by Gasteiger charge is -2.16. The summed E-state index contributed by atoms with van der Waals surface area (Å²) in [7, 11) is 1.52. The highest BCUT2D eigenvalue weighted by Crippen LogP contribution is 2.30. The normalized spacial score (nSPS) is 23.4. The lowest BCUT2D eigenvalue weighted by molar-refractivity contribution is 0.326. The molecule has 1 aliphatic heterocycles. The number of nitrogens with zero attached hydrogens (tertiary/aromatic N) is 4. The van der Waals surface area contributed by atoms with Crippen molar-refractivity contribution in [1.29, 1.82) is 0 Å². The quantitative estimate of drug-likeness (QED) is 0.497. The van der Waals surface area contributed by atoms with Gasteiger partial charge in [-0.3, -0.25) is 10.3 Å². The van der Waals surface area contributed by atoms with Gasteiger partial charge in [-0.15, -0.1) is 0 Å². The van der Waals surface area contributed by atoms with Gasteiger partial charge in [0.15, 0.2) is 0 Å². The highest BCUT2D eigenvalue weighted by molar-refractivity contribution is 5.36. The molecule has 104 valence electrons. The summed E-state index contributed by atoms with van der Waals surface area (Å²) in [5.41, 5.74) is 2.41. The Labute approximate surface area is 111 Å². The van der Waals surface area contributed by atoms with Crippen molar-refractivity contribution in [2.45, 2.75) is 31.3 Å². The number of hydrogen-bond acceptors (Lipinski definition) is 8. The van der Waals surface area contributed by atoms with E-state index in [0.29, 0.717) is 17.9 Å². The van der Waals surface area contributed by atoms with Crippen LogP contribution in [-0.4, -0.2) is 52.1 Å². The molecule has 2 aliphatic rings. The van der Waals surface area contributed by atoms with E-state index in [4.69, 9.17) is 10.6 Å². The number of nitrogen functional groups attached to an aromatic ring is 1. The Hall–Kier alpha value is -1.67. The first-order valence-corrected chi connectivity index (χ1v) is 6.56. The molecule has 1 aromatic heterocycles. The van der Waals surface area contributed by atoms with Gasteiger partial charge in [0.25, 0.3) is 0 Å². The van der Waals surface area contributed by atoms with Gasteiger partial charge in [-0.2, -0.15) is 15.0 Å². The molecule has 0 bridgehead atoms. The Morgan fingerprint density at radius 2 is 2.00 bits per heavy atom. The summed E-state index contributed by atoms with van der Waals surface area (Å²) >= 11 is 0. The second-order valence-electron chi connectivity index (χ2n) is 4.97. The summed E-state index contributed by atoms with van der Waals surface area (Å²) in [5, 5.41) is 3.32. The molecule has 1 atom stereocenters. The molecule has 1 aromatic rings. The Balaban J connectivity index is 1.65. The summed E-state index contributed by atoms with van der Waals surface area (Å²) in [6.07, 6.45) is 3.79. The van der Waals surface area contributed by atoms with Crippen LogP contribution in [0.5, 0.6) is 6.01 Å². The van der Waals surface area contributed by atoms with E-state index in [1.165, 1.54) is 20.0 Å². The molecule has 8 heteroatoms. The molecule has 2 heterocycles. The summed E-state index contributed by atoms with van der Waals surface area (Å²) in [5.74, 6) is 6.13. The Morgan fingerprint density at radius 1 is 1.21 bits per heavy atom. The number of nitrogens with one attached hydrogen (secondary N) is 2. The molecule has 0 spiro atoms. The molecule has 3 rings (SSSR count). The van der Waals surface area contributed by atoms with E-state index in [0.717, 1.165) is 25.6 Å². The maximum atomic E-state index is 5.33. The second-order valence-corrected chi connectivity index (χ2v) is 4.97. The van der Waals surface area contributed by atoms with Crippen molar-refractivity contribution in [2.75, 3.05) is 30.9 Å². The molecule has 1 aliphatic carbocycles. The molecule has 19 heavy (non-hydrogen) atoms. The van der Waals surface area contributed by atoms with Crippen molar-refractivity contribution in [1.82, 2.24) is 19.9 Å². The number of anilines is 2. The van der Waals surface area contributed by atoms with Crippen LogP contribution in [0.2, 0.25) is 0 Å². The number of rotatable bonds is 5. The summed E-state index contributed by atoms with van der Waals surface area (Å²) in [4.78, 5) is 14.9. The molecule has 2 fully saturated rings. The maximum Gasteiger partial charge on any atom is 0.322 e. The molecule has 0 radical (unpaired) electrons. The van der Waals surface area contributed by atoms with Gasteiger partial charge in [-0.1, -0.05) is 0 Å². The van der Waals surface area contributed by atoms with E-state index in [-0.39, 0.29) is 6.01 Å². The number of hydrazine groups is 1. The molecule has 8 nitrogen and oxygen atoms in total. The monoisotopic (exact) mass is 265 g/mol. The van der Waals surface area contributed by atoms with Crippen molar-refractivity contribution in [3.05, 3.63) is 0 Å².